The van der Waals surface area contributed by atoms with Gasteiger partial charge < -0.3 is 24.8 Å². The van der Waals surface area contributed by atoms with Crippen molar-refractivity contribution >= 4 is 14.4 Å². The first kappa shape index (κ1) is 40.8. The van der Waals surface area contributed by atoms with Crippen LogP contribution in [0.4, 0.5) is 0 Å². The van der Waals surface area contributed by atoms with Gasteiger partial charge in [-0.25, -0.2) is 0 Å². The third-order valence-corrected chi connectivity index (χ3v) is 21.4. The van der Waals surface area contributed by atoms with Gasteiger partial charge in [-0.1, -0.05) is 0 Å². The molecule has 4 aliphatic carbocycles. The molecule has 54 heavy (non-hydrogen) atoms. The molecule has 8 rings (SSSR count). The van der Waals surface area contributed by atoms with Crippen molar-refractivity contribution in [1.82, 2.24) is 0 Å². The number of allylic oxidation sites excluding steroid dienone is 8. The van der Waals surface area contributed by atoms with E-state index in [1.54, 1.807) is 25.5 Å². The number of fused-ring (bicyclic) bond motifs is 5. The molecule has 0 saturated carbocycles. The summed E-state index contributed by atoms with van der Waals surface area (Å²) in [5, 5.41) is 0. The quantitative estimate of drug-likeness (QED) is 0.187. The van der Waals surface area contributed by atoms with Gasteiger partial charge in [0.2, 0.25) is 0 Å². The van der Waals surface area contributed by atoms with Crippen molar-refractivity contribution in [3.05, 3.63) is 162 Å². The van der Waals surface area contributed by atoms with Gasteiger partial charge >= 0.3 is 324 Å². The molecule has 0 bridgehead atoms. The Morgan fingerprint density at radius 2 is 1.09 bits per heavy atom. The topological polar surface area (TPSA) is 0 Å². The summed E-state index contributed by atoms with van der Waals surface area (Å²) in [6, 6.07) is 33.7. The molecule has 0 amide bonds. The van der Waals surface area contributed by atoms with Gasteiger partial charge in [0.05, 0.1) is 0 Å². The van der Waals surface area contributed by atoms with Crippen molar-refractivity contribution in [2.75, 3.05) is 0 Å². The van der Waals surface area contributed by atoms with Crippen molar-refractivity contribution in [3.63, 3.8) is 0 Å². The third kappa shape index (κ3) is 6.43. The maximum absolute atomic E-state index is 3.04. The van der Waals surface area contributed by atoms with Crippen LogP contribution in [-0.2, 0) is 32.1 Å². The Hall–Kier alpha value is -2.83. The van der Waals surface area contributed by atoms with Gasteiger partial charge in [-0.2, -0.15) is 0 Å². The summed E-state index contributed by atoms with van der Waals surface area (Å²) in [6.07, 6.45) is 9.97. The molecule has 0 saturated heterocycles. The number of halogens is 2. The Kier molecular flexibility index (Phi) is 11.0. The molecule has 0 fully saturated rings. The SMILES string of the molecule is CCC1=[C]([Zr+2](=[C](c2ccccc2)c2ccccc2)[CH]2c3cc4c(cc3-c3cc5c(cc32)C(C)(C)C=C5C)C(C)=CC4(C)C)C(CC)C=C1C(C)(C)C.[Cl-].[Cl-]. The Morgan fingerprint density at radius 1 is 0.648 bits per heavy atom. The second-order valence-electron chi connectivity index (χ2n) is 18.1. The van der Waals surface area contributed by atoms with Crippen molar-refractivity contribution in [2.45, 2.75) is 103 Å². The van der Waals surface area contributed by atoms with E-state index in [0.717, 1.165) is 12.8 Å². The summed E-state index contributed by atoms with van der Waals surface area (Å²) < 4.78 is 3.86. The van der Waals surface area contributed by atoms with Gasteiger partial charge in [-0.15, -0.1) is 0 Å². The molecule has 0 aromatic heterocycles. The normalized spacial score (nSPS) is 18.6. The minimum absolute atomic E-state index is 0. The Bertz CT molecular complexity index is 2180. The fourth-order valence-corrected chi connectivity index (χ4v) is 20.9. The van der Waals surface area contributed by atoms with Crippen LogP contribution in [0.25, 0.3) is 22.3 Å². The summed E-state index contributed by atoms with van der Waals surface area (Å²) in [5.74, 6) is 0.470. The van der Waals surface area contributed by atoms with Crippen LogP contribution in [0, 0.1) is 11.3 Å². The molecular weight excluding hydrogens is 775 g/mol. The second-order valence-corrected chi connectivity index (χ2v) is 24.1. The minimum Gasteiger partial charge on any atom is -1.00 e. The third-order valence-electron chi connectivity index (χ3n) is 12.6. The van der Waals surface area contributed by atoms with Crippen LogP contribution in [0.3, 0.4) is 0 Å². The maximum atomic E-state index is 2.72. The van der Waals surface area contributed by atoms with E-state index in [2.05, 4.69) is 179 Å². The number of hydrogen-bond acceptors (Lipinski definition) is 0. The van der Waals surface area contributed by atoms with Crippen LogP contribution in [0.5, 0.6) is 0 Å². The van der Waals surface area contributed by atoms with E-state index in [4.69, 9.17) is 0 Å². The molecule has 0 nitrogen and oxygen atoms in total. The monoisotopic (exact) mass is 828 g/mol. The van der Waals surface area contributed by atoms with Crippen molar-refractivity contribution in [3.8, 4) is 11.1 Å². The molecule has 1 unspecified atom stereocenters. The maximum Gasteiger partial charge on any atom is -1.00 e. The van der Waals surface area contributed by atoms with Crippen LogP contribution < -0.4 is 24.8 Å². The van der Waals surface area contributed by atoms with Crippen LogP contribution in [0.2, 0.25) is 0 Å². The largest absolute Gasteiger partial charge is 1.00 e. The van der Waals surface area contributed by atoms with Gasteiger partial charge in [0, 0.05) is 0 Å². The van der Waals surface area contributed by atoms with E-state index in [-0.39, 0.29) is 41.1 Å². The smallest absolute Gasteiger partial charge is 1.00 e. The first-order chi connectivity index (χ1) is 24.7. The number of hydrogen-bond donors (Lipinski definition) is 0. The number of benzene rings is 4. The summed E-state index contributed by atoms with van der Waals surface area (Å²) in [5.41, 5.74) is 21.1. The Labute approximate surface area is 345 Å². The zero-order valence-electron chi connectivity index (χ0n) is 34.1. The summed E-state index contributed by atoms with van der Waals surface area (Å²) >= 11 is -3.04. The minimum atomic E-state index is -3.04. The first-order valence-electron chi connectivity index (χ1n) is 19.7. The van der Waals surface area contributed by atoms with E-state index in [9.17, 15) is 0 Å². The fraction of sp³-hybridized carbons (Fsp3) is 0.353. The van der Waals surface area contributed by atoms with Gasteiger partial charge in [-0.05, 0) is 0 Å². The summed E-state index contributed by atoms with van der Waals surface area (Å²) in [4.78, 5) is 0. The molecule has 4 aromatic rings. The molecule has 4 aromatic carbocycles. The molecule has 0 radical (unpaired) electrons. The molecule has 0 aliphatic heterocycles. The van der Waals surface area contributed by atoms with Gasteiger partial charge in [0.25, 0.3) is 0 Å². The standard InChI is InChI=1S/C25H25.C13H10.C13H21.2ClH.Zr/c1-14-12-24(3,4)22-8-16-7-17-9-23-19(15(2)13-25(23,5)6)11-21(17)20(16)10-18(14)22;1-3-7-12(8-4-1)11-13-9-5-2-6-10-13;1-6-10-8-11(7-2)12(9-10)13(3,4)5;;;/h7-13H,1-6H3;1-10H;9-10H,6-7H2,1-5H3;2*1H;/q;;;;;+2/p-2. The van der Waals surface area contributed by atoms with Gasteiger partial charge in [-0.3, -0.25) is 0 Å². The molecule has 0 N–H and O–H groups in total. The molecular formula is C51H56Cl2Zr. The molecule has 278 valence electrons. The number of rotatable bonds is 6. The summed E-state index contributed by atoms with van der Waals surface area (Å²) in [7, 11) is 0. The predicted molar refractivity (Wildman–Crippen MR) is 222 cm³/mol. The van der Waals surface area contributed by atoms with Crippen LogP contribution in [0.15, 0.2) is 118 Å². The first-order valence-corrected chi connectivity index (χ1v) is 23.6. The van der Waals surface area contributed by atoms with Gasteiger partial charge in [0.1, 0.15) is 0 Å². The van der Waals surface area contributed by atoms with Crippen molar-refractivity contribution < 1.29 is 46.1 Å². The van der Waals surface area contributed by atoms with E-state index in [1.165, 1.54) is 55.7 Å². The van der Waals surface area contributed by atoms with Crippen LogP contribution in [0.1, 0.15) is 137 Å². The molecule has 0 heterocycles. The Balaban J connectivity index is 0.00000249. The second kappa shape index (κ2) is 14.6. The van der Waals surface area contributed by atoms with Crippen LogP contribution in [-0.4, -0.2) is 3.21 Å². The zero-order valence-corrected chi connectivity index (χ0v) is 38.1. The van der Waals surface area contributed by atoms with E-state index in [1.807, 2.05) is 3.28 Å². The molecule has 4 aliphatic rings. The predicted octanol–water partition coefficient (Wildman–Crippen LogP) is 7.72. The van der Waals surface area contributed by atoms with Crippen molar-refractivity contribution in [1.29, 1.82) is 0 Å². The zero-order chi connectivity index (χ0) is 36.9. The van der Waals surface area contributed by atoms with Crippen LogP contribution >= 0.6 is 0 Å². The fourth-order valence-electron chi connectivity index (χ4n) is 10.4. The van der Waals surface area contributed by atoms with Crippen molar-refractivity contribution in [2.24, 2.45) is 11.3 Å². The average molecular weight is 831 g/mol. The molecule has 0 spiro atoms. The van der Waals surface area contributed by atoms with Gasteiger partial charge in [0.15, 0.2) is 0 Å². The molecule has 3 heteroatoms. The Morgan fingerprint density at radius 3 is 1.48 bits per heavy atom. The average Bonchev–Trinajstić information content (AvgIpc) is 3.78. The van der Waals surface area contributed by atoms with E-state index >= 15 is 0 Å². The summed E-state index contributed by atoms with van der Waals surface area (Å²) in [6.45, 7) is 26.5. The van der Waals surface area contributed by atoms with E-state index < -0.39 is 21.3 Å². The molecule has 1 atom stereocenters. The van der Waals surface area contributed by atoms with E-state index in [0.29, 0.717) is 9.54 Å².